The van der Waals surface area contributed by atoms with Crippen LogP contribution in [-0.2, 0) is 6.54 Å². The van der Waals surface area contributed by atoms with Crippen molar-refractivity contribution in [1.82, 2.24) is 10.3 Å². The van der Waals surface area contributed by atoms with Crippen molar-refractivity contribution in [1.29, 1.82) is 0 Å². The molecule has 0 amide bonds. The van der Waals surface area contributed by atoms with E-state index in [0.717, 1.165) is 12.4 Å². The van der Waals surface area contributed by atoms with E-state index in [2.05, 4.69) is 21.3 Å². The maximum absolute atomic E-state index is 9.46. The number of hydrogen-bond donors (Lipinski definition) is 2. The van der Waals surface area contributed by atoms with Crippen LogP contribution in [0.25, 0.3) is 0 Å². The minimum absolute atomic E-state index is 0.197. The standard InChI is InChI=1S/C17H27N3O/c21-12-11-20(16-6-2-1-3-7-16)17-14(5-4-10-18-17)13-19-15-8-9-15/h4-5,10,15-16,19,21H,1-3,6-9,11-13H2. The predicted octanol–water partition coefficient (Wildman–Crippen LogP) is 2.46. The van der Waals surface area contributed by atoms with E-state index in [4.69, 9.17) is 0 Å². The molecule has 0 atom stereocenters. The van der Waals surface area contributed by atoms with Gasteiger partial charge in [-0.1, -0.05) is 25.3 Å². The molecule has 21 heavy (non-hydrogen) atoms. The van der Waals surface area contributed by atoms with Crippen LogP contribution in [0.2, 0.25) is 0 Å². The van der Waals surface area contributed by atoms with Crippen LogP contribution in [0.4, 0.5) is 5.82 Å². The van der Waals surface area contributed by atoms with Gasteiger partial charge in [-0.3, -0.25) is 0 Å². The maximum Gasteiger partial charge on any atom is 0.133 e. The Hall–Kier alpha value is -1.13. The average Bonchev–Trinajstić information content (AvgIpc) is 3.36. The Balaban J connectivity index is 1.76. The van der Waals surface area contributed by atoms with Crippen LogP contribution in [0.15, 0.2) is 18.3 Å². The Bertz CT molecular complexity index is 441. The normalized spacial score (nSPS) is 19.7. The van der Waals surface area contributed by atoms with E-state index in [1.54, 1.807) is 0 Å². The summed E-state index contributed by atoms with van der Waals surface area (Å²) in [6, 6.07) is 5.44. The molecule has 0 unspecified atom stereocenters. The van der Waals surface area contributed by atoms with Crippen LogP contribution < -0.4 is 10.2 Å². The van der Waals surface area contributed by atoms with E-state index < -0.39 is 0 Å². The summed E-state index contributed by atoms with van der Waals surface area (Å²) in [7, 11) is 0. The Morgan fingerprint density at radius 3 is 2.71 bits per heavy atom. The lowest BCUT2D eigenvalue weighted by Crippen LogP contribution is -2.40. The number of pyridine rings is 1. The summed E-state index contributed by atoms with van der Waals surface area (Å²) in [4.78, 5) is 7.00. The third-order valence-corrected chi connectivity index (χ3v) is 4.65. The van der Waals surface area contributed by atoms with Crippen LogP contribution in [-0.4, -0.2) is 35.3 Å². The van der Waals surface area contributed by atoms with Crippen molar-refractivity contribution in [3.05, 3.63) is 23.9 Å². The number of anilines is 1. The summed E-state index contributed by atoms with van der Waals surface area (Å²) >= 11 is 0. The molecule has 2 aliphatic carbocycles. The van der Waals surface area contributed by atoms with E-state index in [1.807, 2.05) is 12.3 Å². The lowest BCUT2D eigenvalue weighted by molar-refractivity contribution is 0.289. The van der Waals surface area contributed by atoms with Crippen LogP contribution in [0.1, 0.15) is 50.5 Å². The number of hydrogen-bond acceptors (Lipinski definition) is 4. The summed E-state index contributed by atoms with van der Waals surface area (Å²) < 4.78 is 0. The third kappa shape index (κ3) is 3.95. The number of aromatic nitrogens is 1. The highest BCUT2D eigenvalue weighted by Crippen LogP contribution is 2.28. The van der Waals surface area contributed by atoms with Gasteiger partial charge in [0.15, 0.2) is 0 Å². The van der Waals surface area contributed by atoms with Gasteiger partial charge in [0, 0.05) is 36.9 Å². The zero-order valence-electron chi connectivity index (χ0n) is 12.8. The maximum atomic E-state index is 9.46. The third-order valence-electron chi connectivity index (χ3n) is 4.65. The van der Waals surface area contributed by atoms with Gasteiger partial charge in [0.05, 0.1) is 6.61 Å². The van der Waals surface area contributed by atoms with E-state index in [0.29, 0.717) is 18.6 Å². The fourth-order valence-corrected chi connectivity index (χ4v) is 3.33. The number of nitrogens with zero attached hydrogens (tertiary/aromatic N) is 2. The zero-order valence-corrected chi connectivity index (χ0v) is 12.8. The van der Waals surface area contributed by atoms with Crippen molar-refractivity contribution >= 4 is 5.82 Å². The average molecular weight is 289 g/mol. The fraction of sp³-hybridized carbons (Fsp3) is 0.706. The van der Waals surface area contributed by atoms with Gasteiger partial charge in [-0.05, 0) is 31.7 Å². The summed E-state index contributed by atoms with van der Waals surface area (Å²) in [6.45, 7) is 1.78. The van der Waals surface area contributed by atoms with Crippen molar-refractivity contribution in [2.24, 2.45) is 0 Å². The van der Waals surface area contributed by atoms with Crippen molar-refractivity contribution in [3.8, 4) is 0 Å². The first kappa shape index (κ1) is 14.8. The van der Waals surface area contributed by atoms with E-state index >= 15 is 0 Å². The molecule has 2 fully saturated rings. The van der Waals surface area contributed by atoms with Gasteiger partial charge in [0.2, 0.25) is 0 Å². The summed E-state index contributed by atoms with van der Waals surface area (Å²) in [5.41, 5.74) is 1.27. The molecule has 0 saturated heterocycles. The van der Waals surface area contributed by atoms with Crippen molar-refractivity contribution in [2.75, 3.05) is 18.1 Å². The second-order valence-corrected chi connectivity index (χ2v) is 6.35. The quantitative estimate of drug-likeness (QED) is 0.809. The lowest BCUT2D eigenvalue weighted by atomic mass is 9.94. The Morgan fingerprint density at radius 2 is 2.00 bits per heavy atom. The van der Waals surface area contributed by atoms with Crippen molar-refractivity contribution < 1.29 is 5.11 Å². The molecule has 4 heteroatoms. The topological polar surface area (TPSA) is 48.4 Å². The molecular weight excluding hydrogens is 262 g/mol. The van der Waals surface area contributed by atoms with Crippen LogP contribution in [0.3, 0.4) is 0 Å². The molecule has 3 rings (SSSR count). The molecule has 1 aromatic heterocycles. The van der Waals surface area contributed by atoms with Gasteiger partial charge in [-0.15, -0.1) is 0 Å². The van der Waals surface area contributed by atoms with Gasteiger partial charge in [-0.25, -0.2) is 4.98 Å². The number of aliphatic hydroxyl groups excluding tert-OH is 1. The molecule has 1 heterocycles. The van der Waals surface area contributed by atoms with Gasteiger partial charge in [0.25, 0.3) is 0 Å². The smallest absolute Gasteiger partial charge is 0.133 e. The van der Waals surface area contributed by atoms with Gasteiger partial charge >= 0.3 is 0 Å². The molecule has 0 spiro atoms. The highest BCUT2D eigenvalue weighted by Gasteiger charge is 2.25. The van der Waals surface area contributed by atoms with Crippen LogP contribution in [0.5, 0.6) is 0 Å². The van der Waals surface area contributed by atoms with Gasteiger partial charge in [-0.2, -0.15) is 0 Å². The molecule has 1 aromatic rings. The second-order valence-electron chi connectivity index (χ2n) is 6.35. The molecular formula is C17H27N3O. The predicted molar refractivity (Wildman–Crippen MR) is 85.4 cm³/mol. The molecule has 2 saturated carbocycles. The highest BCUT2D eigenvalue weighted by molar-refractivity contribution is 5.48. The summed E-state index contributed by atoms with van der Waals surface area (Å²) in [5, 5.41) is 13.0. The van der Waals surface area contributed by atoms with Gasteiger partial charge < -0.3 is 15.3 Å². The lowest BCUT2D eigenvalue weighted by Gasteiger charge is -2.36. The Kier molecular flexibility index (Phi) is 5.09. The molecule has 0 aromatic carbocycles. The second kappa shape index (κ2) is 7.23. The molecule has 4 nitrogen and oxygen atoms in total. The van der Waals surface area contributed by atoms with E-state index in [9.17, 15) is 5.11 Å². The molecule has 0 bridgehead atoms. The molecule has 2 aliphatic rings. The SMILES string of the molecule is OCCN(c1ncccc1CNC1CC1)C1CCCCC1. The summed E-state index contributed by atoms with van der Waals surface area (Å²) in [6.07, 6.45) is 10.9. The number of aliphatic hydroxyl groups is 1. The Labute approximate surface area is 127 Å². The minimum atomic E-state index is 0.197. The number of rotatable bonds is 7. The zero-order chi connectivity index (χ0) is 14.5. The van der Waals surface area contributed by atoms with E-state index in [1.165, 1.54) is 50.5 Å². The highest BCUT2D eigenvalue weighted by atomic mass is 16.3. The molecule has 116 valence electrons. The first-order valence-corrected chi connectivity index (χ1v) is 8.43. The molecule has 0 aliphatic heterocycles. The minimum Gasteiger partial charge on any atom is -0.395 e. The molecule has 2 N–H and O–H groups in total. The first-order valence-electron chi connectivity index (χ1n) is 8.43. The Morgan fingerprint density at radius 1 is 1.19 bits per heavy atom. The van der Waals surface area contributed by atoms with E-state index in [-0.39, 0.29) is 6.61 Å². The largest absolute Gasteiger partial charge is 0.395 e. The number of nitrogens with one attached hydrogen (secondary N) is 1. The molecule has 0 radical (unpaired) electrons. The van der Waals surface area contributed by atoms with Crippen LogP contribution >= 0.6 is 0 Å². The first-order chi connectivity index (χ1) is 10.4. The fourth-order valence-electron chi connectivity index (χ4n) is 3.33. The monoisotopic (exact) mass is 289 g/mol. The van der Waals surface area contributed by atoms with Gasteiger partial charge in [0.1, 0.15) is 5.82 Å². The van der Waals surface area contributed by atoms with Crippen LogP contribution in [0, 0.1) is 0 Å². The summed E-state index contributed by atoms with van der Waals surface area (Å²) in [5.74, 6) is 1.08. The van der Waals surface area contributed by atoms with Crippen molar-refractivity contribution in [2.45, 2.75) is 63.6 Å². The van der Waals surface area contributed by atoms with Crippen molar-refractivity contribution in [3.63, 3.8) is 0 Å².